The van der Waals surface area contributed by atoms with Gasteiger partial charge in [0.05, 0.1) is 5.92 Å². The number of halogens is 3. The summed E-state index contributed by atoms with van der Waals surface area (Å²) in [7, 11) is 0. The van der Waals surface area contributed by atoms with E-state index in [9.17, 15) is 13.2 Å². The molecule has 0 aliphatic heterocycles. The first-order chi connectivity index (χ1) is 9.43. The first-order valence-corrected chi connectivity index (χ1v) is 7.34. The van der Waals surface area contributed by atoms with Crippen LogP contribution in [-0.4, -0.2) is 6.18 Å². The molecule has 1 fully saturated rings. The van der Waals surface area contributed by atoms with Gasteiger partial charge in [-0.15, -0.1) is 0 Å². The normalized spacial score (nSPS) is 25.4. The Morgan fingerprint density at radius 3 is 2.30 bits per heavy atom. The van der Waals surface area contributed by atoms with Crippen molar-refractivity contribution in [3.63, 3.8) is 0 Å². The molecule has 20 heavy (non-hydrogen) atoms. The molecule has 1 saturated carbocycles. The minimum Gasteiger partial charge on any atom is -0.324 e. The maximum atomic E-state index is 13.1. The Morgan fingerprint density at radius 1 is 1.15 bits per heavy atom. The highest BCUT2D eigenvalue weighted by atomic mass is 19.4. The van der Waals surface area contributed by atoms with E-state index < -0.39 is 24.1 Å². The molecule has 112 valence electrons. The Labute approximate surface area is 118 Å². The second-order valence-corrected chi connectivity index (χ2v) is 5.72. The van der Waals surface area contributed by atoms with E-state index in [1.165, 1.54) is 5.56 Å². The fourth-order valence-corrected chi connectivity index (χ4v) is 3.22. The third-order valence-electron chi connectivity index (χ3n) is 4.47. The van der Waals surface area contributed by atoms with Gasteiger partial charge in [0.1, 0.15) is 0 Å². The van der Waals surface area contributed by atoms with Crippen molar-refractivity contribution in [2.45, 2.75) is 51.2 Å². The topological polar surface area (TPSA) is 26.0 Å². The predicted octanol–water partition coefficient (Wildman–Crippen LogP) is 4.62. The highest BCUT2D eigenvalue weighted by Crippen LogP contribution is 2.45. The quantitative estimate of drug-likeness (QED) is 0.861. The molecule has 0 heterocycles. The monoisotopic (exact) mass is 285 g/mol. The van der Waals surface area contributed by atoms with E-state index in [1.807, 2.05) is 24.3 Å². The second kappa shape index (κ2) is 6.17. The molecule has 1 aliphatic carbocycles. The van der Waals surface area contributed by atoms with Gasteiger partial charge in [-0.1, -0.05) is 44.0 Å². The smallest absolute Gasteiger partial charge is 0.324 e. The van der Waals surface area contributed by atoms with Gasteiger partial charge in [0.25, 0.3) is 0 Å². The van der Waals surface area contributed by atoms with Crippen LogP contribution in [0.4, 0.5) is 13.2 Å². The lowest BCUT2D eigenvalue weighted by Gasteiger charge is -2.36. The highest BCUT2D eigenvalue weighted by Gasteiger charge is 2.47. The van der Waals surface area contributed by atoms with E-state index >= 15 is 0 Å². The van der Waals surface area contributed by atoms with Crippen LogP contribution in [0.25, 0.3) is 0 Å². The van der Waals surface area contributed by atoms with E-state index in [4.69, 9.17) is 5.73 Å². The van der Waals surface area contributed by atoms with E-state index in [-0.39, 0.29) is 6.42 Å². The molecule has 3 unspecified atom stereocenters. The molecular weight excluding hydrogens is 263 g/mol. The van der Waals surface area contributed by atoms with Crippen LogP contribution in [-0.2, 0) is 6.42 Å². The van der Waals surface area contributed by atoms with Gasteiger partial charge in [-0.25, -0.2) is 0 Å². The van der Waals surface area contributed by atoms with Crippen molar-refractivity contribution >= 4 is 0 Å². The summed E-state index contributed by atoms with van der Waals surface area (Å²) in [6.07, 6.45) is -0.924. The third kappa shape index (κ3) is 3.35. The largest absolute Gasteiger partial charge is 0.392 e. The second-order valence-electron chi connectivity index (χ2n) is 5.72. The average Bonchev–Trinajstić information content (AvgIpc) is 2.46. The molecule has 1 aromatic rings. The van der Waals surface area contributed by atoms with Crippen LogP contribution in [0.1, 0.15) is 49.8 Å². The number of benzene rings is 1. The lowest BCUT2D eigenvalue weighted by atomic mass is 9.73. The maximum absolute atomic E-state index is 13.1. The van der Waals surface area contributed by atoms with Gasteiger partial charge in [-0.05, 0) is 36.3 Å². The molecule has 3 atom stereocenters. The Kier molecular flexibility index (Phi) is 4.74. The molecule has 1 aliphatic rings. The predicted molar refractivity (Wildman–Crippen MR) is 74.3 cm³/mol. The number of nitrogens with two attached hydrogens (primary N) is 1. The van der Waals surface area contributed by atoms with Crippen LogP contribution >= 0.6 is 0 Å². The zero-order valence-electron chi connectivity index (χ0n) is 11.8. The fourth-order valence-electron chi connectivity index (χ4n) is 3.22. The molecule has 0 saturated heterocycles. The zero-order chi connectivity index (χ0) is 14.8. The molecule has 0 radical (unpaired) electrons. The van der Waals surface area contributed by atoms with Gasteiger partial charge in [0.15, 0.2) is 0 Å². The van der Waals surface area contributed by atoms with E-state index in [0.29, 0.717) is 12.8 Å². The van der Waals surface area contributed by atoms with Crippen LogP contribution < -0.4 is 5.73 Å². The SMILES string of the molecule is CCc1ccc(C(N)C2CCCCC2C(F)(F)F)cc1. The number of hydrogen-bond acceptors (Lipinski definition) is 1. The molecule has 1 nitrogen and oxygen atoms in total. The van der Waals surface area contributed by atoms with Gasteiger partial charge in [0.2, 0.25) is 0 Å². The summed E-state index contributed by atoms with van der Waals surface area (Å²) in [4.78, 5) is 0. The molecule has 4 heteroatoms. The lowest BCUT2D eigenvalue weighted by Crippen LogP contribution is -2.38. The molecular formula is C16H22F3N. The Hall–Kier alpha value is -1.03. The molecule has 0 bridgehead atoms. The van der Waals surface area contributed by atoms with Crippen LogP contribution in [0.5, 0.6) is 0 Å². The minimum atomic E-state index is -4.13. The molecule has 2 N–H and O–H groups in total. The number of rotatable bonds is 3. The molecule has 0 spiro atoms. The average molecular weight is 285 g/mol. The van der Waals surface area contributed by atoms with Crippen molar-refractivity contribution in [2.24, 2.45) is 17.6 Å². The van der Waals surface area contributed by atoms with Crippen molar-refractivity contribution in [2.75, 3.05) is 0 Å². The van der Waals surface area contributed by atoms with Crippen molar-refractivity contribution in [1.29, 1.82) is 0 Å². The van der Waals surface area contributed by atoms with Crippen molar-refractivity contribution in [3.8, 4) is 0 Å². The standard InChI is InChI=1S/C16H22F3N/c1-2-11-7-9-12(10-8-11)15(20)13-5-3-4-6-14(13)16(17,18)19/h7-10,13-15H,2-6,20H2,1H3. The van der Waals surface area contributed by atoms with Crippen molar-refractivity contribution < 1.29 is 13.2 Å². The first-order valence-electron chi connectivity index (χ1n) is 7.34. The number of hydrogen-bond donors (Lipinski definition) is 1. The molecule has 2 rings (SSSR count). The maximum Gasteiger partial charge on any atom is 0.392 e. The van der Waals surface area contributed by atoms with Gasteiger partial charge in [-0.2, -0.15) is 13.2 Å². The lowest BCUT2D eigenvalue weighted by molar-refractivity contribution is -0.198. The molecule has 1 aromatic carbocycles. The van der Waals surface area contributed by atoms with E-state index in [1.54, 1.807) is 0 Å². The summed E-state index contributed by atoms with van der Waals surface area (Å²) >= 11 is 0. The molecule has 0 amide bonds. The van der Waals surface area contributed by atoms with E-state index in [0.717, 1.165) is 18.4 Å². The van der Waals surface area contributed by atoms with Gasteiger partial charge in [-0.3, -0.25) is 0 Å². The Morgan fingerprint density at radius 2 is 1.75 bits per heavy atom. The van der Waals surface area contributed by atoms with Crippen LogP contribution in [0.15, 0.2) is 24.3 Å². The van der Waals surface area contributed by atoms with Crippen LogP contribution in [0.3, 0.4) is 0 Å². The highest BCUT2D eigenvalue weighted by molar-refractivity contribution is 5.25. The van der Waals surface area contributed by atoms with Gasteiger partial charge in [0, 0.05) is 6.04 Å². The Balaban J connectivity index is 2.18. The van der Waals surface area contributed by atoms with Gasteiger partial charge >= 0.3 is 6.18 Å². The van der Waals surface area contributed by atoms with Crippen LogP contribution in [0.2, 0.25) is 0 Å². The fraction of sp³-hybridized carbons (Fsp3) is 0.625. The Bertz CT molecular complexity index is 424. The zero-order valence-corrected chi connectivity index (χ0v) is 11.8. The van der Waals surface area contributed by atoms with Crippen molar-refractivity contribution in [3.05, 3.63) is 35.4 Å². The van der Waals surface area contributed by atoms with E-state index in [2.05, 4.69) is 6.92 Å². The molecule has 0 aromatic heterocycles. The first kappa shape index (κ1) is 15.4. The summed E-state index contributed by atoms with van der Waals surface area (Å²) in [6, 6.07) is 7.16. The number of alkyl halides is 3. The summed E-state index contributed by atoms with van der Waals surface area (Å²) in [5.41, 5.74) is 8.15. The summed E-state index contributed by atoms with van der Waals surface area (Å²) < 4.78 is 39.4. The summed E-state index contributed by atoms with van der Waals surface area (Å²) in [5.74, 6) is -1.74. The number of aryl methyl sites for hydroxylation is 1. The third-order valence-corrected chi connectivity index (χ3v) is 4.47. The summed E-state index contributed by atoms with van der Waals surface area (Å²) in [5, 5.41) is 0. The summed E-state index contributed by atoms with van der Waals surface area (Å²) in [6.45, 7) is 2.05. The van der Waals surface area contributed by atoms with Crippen LogP contribution in [0, 0.1) is 11.8 Å². The van der Waals surface area contributed by atoms with Gasteiger partial charge < -0.3 is 5.73 Å². The minimum absolute atomic E-state index is 0.217. The van der Waals surface area contributed by atoms with Crippen molar-refractivity contribution in [1.82, 2.24) is 0 Å².